The third-order valence-corrected chi connectivity index (χ3v) is 5.70. The van der Waals surface area contributed by atoms with Gasteiger partial charge in [-0.05, 0) is 60.2 Å². The highest BCUT2D eigenvalue weighted by molar-refractivity contribution is 6.36. The first-order valence-corrected chi connectivity index (χ1v) is 11.5. The Hall–Kier alpha value is -3.71. The molecule has 0 atom stereocenters. The van der Waals surface area contributed by atoms with Gasteiger partial charge in [0.2, 0.25) is 5.88 Å². The van der Waals surface area contributed by atoms with Crippen LogP contribution in [0.1, 0.15) is 0 Å². The van der Waals surface area contributed by atoms with Gasteiger partial charge in [0.15, 0.2) is 0 Å². The van der Waals surface area contributed by atoms with Crippen molar-refractivity contribution in [2.75, 3.05) is 0 Å². The van der Waals surface area contributed by atoms with Gasteiger partial charge in [-0.1, -0.05) is 46.9 Å². The first kappa shape index (κ1) is 23.1. The Balaban J connectivity index is 1.76. The summed E-state index contributed by atoms with van der Waals surface area (Å²) in [5, 5.41) is 1.51. The van der Waals surface area contributed by atoms with E-state index >= 15 is 0 Å². The summed E-state index contributed by atoms with van der Waals surface area (Å²) in [6.45, 7) is 0. The molecule has 3 heterocycles. The molecule has 0 aliphatic heterocycles. The molecule has 9 heteroatoms. The second-order valence-electron chi connectivity index (χ2n) is 7.24. The lowest BCUT2D eigenvalue weighted by atomic mass is 10.00. The van der Waals surface area contributed by atoms with Crippen LogP contribution in [-0.4, -0.2) is 19.9 Å². The molecule has 0 spiro atoms. The standard InChI is InChI=1S/C26H15Cl3N4O2/c27-17-3-1-16(2-4-17)23-24(21-6-5-18(28)15-22(21)29)32-26(35-20-9-13-31-14-10-20)33-25(23)34-19-7-11-30-12-8-19/h1-15H. The molecule has 5 aromatic rings. The van der Waals surface area contributed by atoms with E-state index in [-0.39, 0.29) is 11.9 Å². The summed E-state index contributed by atoms with van der Waals surface area (Å²) in [4.78, 5) is 17.4. The third-order valence-electron chi connectivity index (χ3n) is 4.90. The molecule has 6 nitrogen and oxygen atoms in total. The largest absolute Gasteiger partial charge is 0.438 e. The SMILES string of the molecule is Clc1ccc(-c2c(Oc3ccncc3)nc(Oc3ccncc3)nc2-c2ccc(Cl)cc2Cl)cc1. The predicted octanol–water partition coefficient (Wildman–Crippen LogP) is 8.15. The number of halogens is 3. The van der Waals surface area contributed by atoms with Crippen LogP contribution in [0.25, 0.3) is 22.4 Å². The van der Waals surface area contributed by atoms with Crippen molar-refractivity contribution < 1.29 is 9.47 Å². The highest BCUT2D eigenvalue weighted by Crippen LogP contribution is 2.43. The monoisotopic (exact) mass is 520 g/mol. The van der Waals surface area contributed by atoms with Crippen LogP contribution in [0.4, 0.5) is 0 Å². The number of hydrogen-bond donors (Lipinski definition) is 0. The molecule has 0 N–H and O–H groups in total. The summed E-state index contributed by atoms with van der Waals surface area (Å²) >= 11 is 18.9. The number of aromatic nitrogens is 4. The zero-order chi connectivity index (χ0) is 24.2. The van der Waals surface area contributed by atoms with Crippen molar-refractivity contribution >= 4 is 34.8 Å². The maximum absolute atomic E-state index is 6.61. The van der Waals surface area contributed by atoms with Gasteiger partial charge in [0, 0.05) is 40.4 Å². The Bertz CT molecular complexity index is 1470. The van der Waals surface area contributed by atoms with Crippen LogP contribution >= 0.6 is 34.8 Å². The molecule has 0 amide bonds. The molecule has 0 radical (unpaired) electrons. The summed E-state index contributed by atoms with van der Waals surface area (Å²) in [6.07, 6.45) is 6.49. The van der Waals surface area contributed by atoms with Crippen LogP contribution < -0.4 is 9.47 Å². The third kappa shape index (κ3) is 5.35. The van der Waals surface area contributed by atoms with Crippen molar-refractivity contribution in [3.8, 4) is 45.8 Å². The van der Waals surface area contributed by atoms with E-state index in [0.717, 1.165) is 5.56 Å². The van der Waals surface area contributed by atoms with Gasteiger partial charge >= 0.3 is 6.01 Å². The van der Waals surface area contributed by atoms with Gasteiger partial charge in [0.05, 0.1) is 16.3 Å². The molecule has 0 fully saturated rings. The second-order valence-corrected chi connectivity index (χ2v) is 8.52. The lowest BCUT2D eigenvalue weighted by Gasteiger charge is -2.17. The number of nitrogens with zero attached hydrogens (tertiary/aromatic N) is 4. The Kier molecular flexibility index (Phi) is 6.77. The Morgan fingerprint density at radius 3 is 1.83 bits per heavy atom. The highest BCUT2D eigenvalue weighted by atomic mass is 35.5. The van der Waals surface area contributed by atoms with E-state index in [4.69, 9.17) is 49.3 Å². The molecule has 0 aliphatic rings. The summed E-state index contributed by atoms with van der Waals surface area (Å²) < 4.78 is 12.2. The molecule has 172 valence electrons. The lowest BCUT2D eigenvalue weighted by Crippen LogP contribution is -2.02. The van der Waals surface area contributed by atoms with E-state index in [1.54, 1.807) is 79.4 Å². The second kappa shape index (κ2) is 10.3. The maximum Gasteiger partial charge on any atom is 0.325 e. The molecule has 0 saturated carbocycles. The molecule has 0 unspecified atom stereocenters. The average molecular weight is 522 g/mol. The van der Waals surface area contributed by atoms with Crippen molar-refractivity contribution in [1.82, 2.24) is 19.9 Å². The number of rotatable bonds is 6. The first-order valence-electron chi connectivity index (χ1n) is 10.4. The van der Waals surface area contributed by atoms with E-state index in [9.17, 15) is 0 Å². The summed E-state index contributed by atoms with van der Waals surface area (Å²) in [6, 6.07) is 19.4. The zero-order valence-corrected chi connectivity index (χ0v) is 20.2. The first-order chi connectivity index (χ1) is 17.1. The van der Waals surface area contributed by atoms with Gasteiger partial charge < -0.3 is 9.47 Å². The minimum absolute atomic E-state index is 0.0685. The molecular weight excluding hydrogens is 507 g/mol. The van der Waals surface area contributed by atoms with Crippen molar-refractivity contribution in [2.45, 2.75) is 0 Å². The van der Waals surface area contributed by atoms with Gasteiger partial charge in [0.25, 0.3) is 0 Å². The average Bonchev–Trinajstić information content (AvgIpc) is 2.86. The molecule has 35 heavy (non-hydrogen) atoms. The van der Waals surface area contributed by atoms with Gasteiger partial charge in [-0.3, -0.25) is 9.97 Å². The minimum Gasteiger partial charge on any atom is -0.438 e. The van der Waals surface area contributed by atoms with E-state index in [2.05, 4.69) is 15.0 Å². The molecule has 3 aromatic heterocycles. The summed E-state index contributed by atoms with van der Waals surface area (Å²) in [7, 11) is 0. The van der Waals surface area contributed by atoms with Crippen molar-refractivity contribution in [2.24, 2.45) is 0 Å². The zero-order valence-electron chi connectivity index (χ0n) is 17.9. The van der Waals surface area contributed by atoms with E-state index in [1.165, 1.54) is 0 Å². The van der Waals surface area contributed by atoms with Crippen LogP contribution in [0.2, 0.25) is 15.1 Å². The van der Waals surface area contributed by atoms with Crippen LogP contribution in [0.15, 0.2) is 91.5 Å². The summed E-state index contributed by atoms with van der Waals surface area (Å²) in [5.74, 6) is 1.32. The van der Waals surface area contributed by atoms with Crippen LogP contribution in [0.3, 0.4) is 0 Å². The van der Waals surface area contributed by atoms with Gasteiger partial charge in [-0.2, -0.15) is 9.97 Å². The number of hydrogen-bond acceptors (Lipinski definition) is 6. The van der Waals surface area contributed by atoms with Gasteiger partial charge in [-0.25, -0.2) is 0 Å². The number of benzene rings is 2. The Morgan fingerprint density at radius 1 is 0.600 bits per heavy atom. The number of ether oxygens (including phenoxy) is 2. The van der Waals surface area contributed by atoms with Crippen molar-refractivity contribution in [1.29, 1.82) is 0 Å². The molecule has 0 aliphatic carbocycles. The number of pyridine rings is 2. The molecule has 2 aromatic carbocycles. The highest BCUT2D eigenvalue weighted by Gasteiger charge is 2.22. The fourth-order valence-electron chi connectivity index (χ4n) is 3.32. The van der Waals surface area contributed by atoms with Gasteiger partial charge in [0.1, 0.15) is 11.5 Å². The molecule has 0 saturated heterocycles. The van der Waals surface area contributed by atoms with Crippen LogP contribution in [0.5, 0.6) is 23.4 Å². The molecular formula is C26H15Cl3N4O2. The fourth-order valence-corrected chi connectivity index (χ4v) is 3.95. The lowest BCUT2D eigenvalue weighted by molar-refractivity contribution is 0.413. The smallest absolute Gasteiger partial charge is 0.325 e. The van der Waals surface area contributed by atoms with Crippen molar-refractivity contribution in [3.63, 3.8) is 0 Å². The predicted molar refractivity (Wildman–Crippen MR) is 137 cm³/mol. The Labute approximate surface area is 216 Å². The quantitative estimate of drug-likeness (QED) is 0.224. The normalized spacial score (nSPS) is 10.7. The van der Waals surface area contributed by atoms with E-state index in [1.807, 2.05) is 12.1 Å². The molecule has 0 bridgehead atoms. The molecule has 5 rings (SSSR count). The van der Waals surface area contributed by atoms with E-state index in [0.29, 0.717) is 43.4 Å². The maximum atomic E-state index is 6.61. The van der Waals surface area contributed by atoms with E-state index < -0.39 is 0 Å². The van der Waals surface area contributed by atoms with Crippen molar-refractivity contribution in [3.05, 3.63) is 107 Å². The van der Waals surface area contributed by atoms with Crippen LogP contribution in [-0.2, 0) is 0 Å². The Morgan fingerprint density at radius 2 is 1.20 bits per heavy atom. The van der Waals surface area contributed by atoms with Gasteiger partial charge in [-0.15, -0.1) is 0 Å². The van der Waals surface area contributed by atoms with Crippen LogP contribution in [0, 0.1) is 0 Å². The summed E-state index contributed by atoms with van der Waals surface area (Å²) in [5.41, 5.74) is 2.50. The fraction of sp³-hybridized carbons (Fsp3) is 0. The minimum atomic E-state index is 0.0685. The topological polar surface area (TPSA) is 70.0 Å².